The van der Waals surface area contributed by atoms with Crippen molar-refractivity contribution in [3.05, 3.63) is 28.2 Å². The van der Waals surface area contributed by atoms with Crippen molar-refractivity contribution in [3.63, 3.8) is 0 Å². The molecule has 0 saturated carbocycles. The van der Waals surface area contributed by atoms with E-state index in [1.54, 1.807) is 19.2 Å². The molecule has 0 amide bonds. The average Bonchev–Trinajstić information content (AvgIpc) is 2.36. The van der Waals surface area contributed by atoms with Crippen LogP contribution in [-0.4, -0.2) is 28.2 Å². The molecule has 0 spiro atoms. The van der Waals surface area contributed by atoms with E-state index < -0.39 is 22.6 Å². The van der Waals surface area contributed by atoms with Gasteiger partial charge in [0, 0.05) is 24.0 Å². The lowest BCUT2D eigenvalue weighted by Gasteiger charge is -2.11. The van der Waals surface area contributed by atoms with Gasteiger partial charge in [0.25, 0.3) is 0 Å². The number of halogens is 4. The van der Waals surface area contributed by atoms with Gasteiger partial charge in [-0.2, -0.15) is 13.2 Å². The Morgan fingerprint density at radius 1 is 1.29 bits per heavy atom. The summed E-state index contributed by atoms with van der Waals surface area (Å²) in [6, 6.07) is 4.83. The second-order valence-electron chi connectivity index (χ2n) is 4.41. The molecule has 0 radical (unpaired) electrons. The fraction of sp³-hybridized carbons (Fsp3) is 0.500. The van der Waals surface area contributed by atoms with E-state index in [2.05, 4.69) is 26.0 Å². The summed E-state index contributed by atoms with van der Waals surface area (Å²) in [5.74, 6) is 0. The lowest BCUT2D eigenvalue weighted by Crippen LogP contribution is -2.26. The van der Waals surface area contributed by atoms with Gasteiger partial charge in [-0.15, -0.1) is 0 Å². The van der Waals surface area contributed by atoms with Gasteiger partial charge in [0.05, 0.1) is 4.90 Å². The van der Waals surface area contributed by atoms with Crippen LogP contribution in [0.1, 0.15) is 18.4 Å². The lowest BCUT2D eigenvalue weighted by atomic mass is 10.2. The standard InChI is InChI=1S/C12H16BrF3N2O2S/c1-17-8-9-3-4-10(13)11(7-9)21(19,20)18-6-2-5-12(14,15)16/h3-4,7,17-18H,2,5-6,8H2,1H3. The minimum absolute atomic E-state index is 0.0160. The van der Waals surface area contributed by atoms with Crippen LogP contribution in [0, 0.1) is 0 Å². The number of hydrogen-bond donors (Lipinski definition) is 2. The monoisotopic (exact) mass is 388 g/mol. The molecule has 1 rings (SSSR count). The van der Waals surface area contributed by atoms with Crippen molar-refractivity contribution in [2.45, 2.75) is 30.5 Å². The second-order valence-corrected chi connectivity index (χ2v) is 7.00. The third-order valence-corrected chi connectivity index (χ3v) is 5.05. The van der Waals surface area contributed by atoms with Crippen LogP contribution in [0.15, 0.2) is 27.6 Å². The predicted octanol–water partition coefficient (Wildman–Crippen LogP) is 2.79. The largest absolute Gasteiger partial charge is 0.389 e. The van der Waals surface area contributed by atoms with Crippen LogP contribution in [-0.2, 0) is 16.6 Å². The maximum atomic E-state index is 12.1. The number of alkyl halides is 3. The summed E-state index contributed by atoms with van der Waals surface area (Å²) in [7, 11) is -2.11. The van der Waals surface area contributed by atoms with Crippen LogP contribution >= 0.6 is 15.9 Å². The Kier molecular flexibility index (Phi) is 6.64. The Balaban J connectivity index is 2.76. The van der Waals surface area contributed by atoms with Crippen molar-refractivity contribution >= 4 is 26.0 Å². The number of sulfonamides is 1. The van der Waals surface area contributed by atoms with Crippen LogP contribution < -0.4 is 10.0 Å². The van der Waals surface area contributed by atoms with E-state index in [0.29, 0.717) is 11.0 Å². The van der Waals surface area contributed by atoms with E-state index in [4.69, 9.17) is 0 Å². The Morgan fingerprint density at radius 3 is 2.52 bits per heavy atom. The zero-order valence-corrected chi connectivity index (χ0v) is 13.7. The topological polar surface area (TPSA) is 58.2 Å². The van der Waals surface area contributed by atoms with Crippen molar-refractivity contribution in [2.75, 3.05) is 13.6 Å². The highest BCUT2D eigenvalue weighted by Gasteiger charge is 2.26. The van der Waals surface area contributed by atoms with E-state index in [0.717, 1.165) is 5.56 Å². The molecule has 0 saturated heterocycles. The molecule has 0 bridgehead atoms. The van der Waals surface area contributed by atoms with Gasteiger partial charge in [-0.25, -0.2) is 13.1 Å². The second kappa shape index (κ2) is 7.57. The van der Waals surface area contributed by atoms with Gasteiger partial charge in [0.1, 0.15) is 0 Å². The highest BCUT2D eigenvalue weighted by Crippen LogP contribution is 2.24. The van der Waals surface area contributed by atoms with Crippen molar-refractivity contribution in [1.82, 2.24) is 10.0 Å². The van der Waals surface area contributed by atoms with Crippen LogP contribution in [0.2, 0.25) is 0 Å². The first-order valence-corrected chi connectivity index (χ1v) is 8.43. The van der Waals surface area contributed by atoms with Crippen molar-refractivity contribution in [1.29, 1.82) is 0 Å². The molecule has 120 valence electrons. The summed E-state index contributed by atoms with van der Waals surface area (Å²) in [4.78, 5) is 0.0160. The zero-order chi connectivity index (χ0) is 16.1. The molecular weight excluding hydrogens is 373 g/mol. The summed E-state index contributed by atoms with van der Waals surface area (Å²) >= 11 is 3.14. The molecule has 1 aromatic rings. The maximum absolute atomic E-state index is 12.1. The van der Waals surface area contributed by atoms with Crippen molar-refractivity contribution in [2.24, 2.45) is 0 Å². The predicted molar refractivity (Wildman–Crippen MR) is 77.4 cm³/mol. The average molecular weight is 389 g/mol. The molecule has 9 heteroatoms. The first kappa shape index (κ1) is 18.4. The highest BCUT2D eigenvalue weighted by atomic mass is 79.9. The van der Waals surface area contributed by atoms with Crippen LogP contribution in [0.4, 0.5) is 13.2 Å². The summed E-state index contributed by atoms with van der Waals surface area (Å²) in [5, 5.41) is 2.90. The molecule has 1 aromatic carbocycles. The third-order valence-electron chi connectivity index (χ3n) is 2.60. The molecule has 0 atom stereocenters. The highest BCUT2D eigenvalue weighted by molar-refractivity contribution is 9.10. The Hall–Kier alpha value is -0.640. The molecule has 0 heterocycles. The Bertz CT molecular complexity index is 576. The van der Waals surface area contributed by atoms with Gasteiger partial charge < -0.3 is 5.32 Å². The van der Waals surface area contributed by atoms with Crippen molar-refractivity contribution in [3.8, 4) is 0 Å². The normalized spacial score (nSPS) is 12.6. The Labute approximate surface area is 130 Å². The lowest BCUT2D eigenvalue weighted by molar-refractivity contribution is -0.135. The van der Waals surface area contributed by atoms with E-state index >= 15 is 0 Å². The number of rotatable bonds is 7. The molecule has 0 aliphatic carbocycles. The molecule has 4 nitrogen and oxygen atoms in total. The van der Waals surface area contributed by atoms with Crippen LogP contribution in [0.5, 0.6) is 0 Å². The quantitative estimate of drug-likeness (QED) is 0.706. The smallest absolute Gasteiger partial charge is 0.316 e. The van der Waals surface area contributed by atoms with E-state index in [-0.39, 0.29) is 17.9 Å². The summed E-state index contributed by atoms with van der Waals surface area (Å²) in [5.41, 5.74) is 0.761. The fourth-order valence-corrected chi connectivity index (χ4v) is 3.73. The van der Waals surface area contributed by atoms with Crippen LogP contribution in [0.3, 0.4) is 0 Å². The van der Waals surface area contributed by atoms with Crippen molar-refractivity contribution < 1.29 is 21.6 Å². The van der Waals surface area contributed by atoms with Gasteiger partial charge in [-0.05, 0) is 47.1 Å². The molecular formula is C12H16BrF3N2O2S. The first-order chi connectivity index (χ1) is 9.65. The van der Waals surface area contributed by atoms with E-state index in [1.807, 2.05) is 0 Å². The summed E-state index contributed by atoms with van der Waals surface area (Å²) in [6.45, 7) is 0.231. The number of hydrogen-bond acceptors (Lipinski definition) is 3. The SMILES string of the molecule is CNCc1ccc(Br)c(S(=O)(=O)NCCCC(F)(F)F)c1. The number of benzene rings is 1. The van der Waals surface area contributed by atoms with Gasteiger partial charge in [0.2, 0.25) is 10.0 Å². The van der Waals surface area contributed by atoms with Gasteiger partial charge in [-0.3, -0.25) is 0 Å². The zero-order valence-electron chi connectivity index (χ0n) is 11.3. The van der Waals surface area contributed by atoms with Gasteiger partial charge in [0.15, 0.2) is 0 Å². The minimum Gasteiger partial charge on any atom is -0.316 e. The molecule has 2 N–H and O–H groups in total. The maximum Gasteiger partial charge on any atom is 0.389 e. The first-order valence-electron chi connectivity index (χ1n) is 6.15. The molecule has 21 heavy (non-hydrogen) atoms. The molecule has 0 aromatic heterocycles. The van der Waals surface area contributed by atoms with E-state index in [1.165, 1.54) is 6.07 Å². The molecule has 0 fully saturated rings. The molecule has 0 unspecified atom stereocenters. The third kappa shape index (κ3) is 6.33. The van der Waals surface area contributed by atoms with Gasteiger partial charge in [-0.1, -0.05) is 6.07 Å². The number of nitrogens with one attached hydrogen (secondary N) is 2. The fourth-order valence-electron chi connectivity index (χ4n) is 1.64. The van der Waals surface area contributed by atoms with Crippen LogP contribution in [0.25, 0.3) is 0 Å². The van der Waals surface area contributed by atoms with E-state index in [9.17, 15) is 21.6 Å². The summed E-state index contributed by atoms with van der Waals surface area (Å²) in [6.07, 6.45) is -5.59. The molecule has 0 aliphatic heterocycles. The summed E-state index contributed by atoms with van der Waals surface area (Å²) < 4.78 is 62.8. The molecule has 0 aliphatic rings. The minimum atomic E-state index is -4.28. The Morgan fingerprint density at radius 2 is 1.95 bits per heavy atom. The van der Waals surface area contributed by atoms with Gasteiger partial charge >= 0.3 is 6.18 Å².